The van der Waals surface area contributed by atoms with Crippen molar-refractivity contribution in [3.63, 3.8) is 0 Å². The lowest BCUT2D eigenvalue weighted by Crippen LogP contribution is -2.25. The van der Waals surface area contributed by atoms with E-state index in [9.17, 15) is 13.6 Å². The maximum atomic E-state index is 13.6. The van der Waals surface area contributed by atoms with Gasteiger partial charge in [-0.2, -0.15) is 0 Å². The van der Waals surface area contributed by atoms with Crippen LogP contribution in [-0.2, 0) is 6.54 Å². The highest BCUT2D eigenvalue weighted by atomic mass is 19.1. The standard InChI is InChI=1S/C18H18F2N4O2/c1-11-5-15-16(22-7-11)14(17(25)21-4-3-19)10-24(15)9-12-6-13(20)8-23-18(12)26-2/h5-8,10H,3-4,9H2,1-2H3,(H,21,25). The summed E-state index contributed by atoms with van der Waals surface area (Å²) >= 11 is 0. The monoisotopic (exact) mass is 360 g/mol. The zero-order valence-electron chi connectivity index (χ0n) is 14.4. The maximum absolute atomic E-state index is 13.6. The zero-order valence-corrected chi connectivity index (χ0v) is 14.4. The van der Waals surface area contributed by atoms with Crippen LogP contribution in [0.4, 0.5) is 8.78 Å². The van der Waals surface area contributed by atoms with E-state index in [2.05, 4.69) is 15.3 Å². The van der Waals surface area contributed by atoms with Crippen molar-refractivity contribution < 1.29 is 18.3 Å². The van der Waals surface area contributed by atoms with Gasteiger partial charge in [-0.1, -0.05) is 0 Å². The quantitative estimate of drug-likeness (QED) is 0.734. The van der Waals surface area contributed by atoms with Crippen LogP contribution in [0.3, 0.4) is 0 Å². The van der Waals surface area contributed by atoms with E-state index >= 15 is 0 Å². The van der Waals surface area contributed by atoms with Crippen LogP contribution >= 0.6 is 0 Å². The molecule has 1 amide bonds. The molecular formula is C18H18F2N4O2. The highest BCUT2D eigenvalue weighted by molar-refractivity contribution is 6.05. The highest BCUT2D eigenvalue weighted by Gasteiger charge is 2.18. The summed E-state index contributed by atoms with van der Waals surface area (Å²) in [6, 6.07) is 3.22. The van der Waals surface area contributed by atoms with Gasteiger partial charge in [-0.15, -0.1) is 0 Å². The largest absolute Gasteiger partial charge is 0.481 e. The third-order valence-corrected chi connectivity index (χ3v) is 3.90. The average molecular weight is 360 g/mol. The van der Waals surface area contributed by atoms with Gasteiger partial charge in [0.2, 0.25) is 5.88 Å². The Morgan fingerprint density at radius 1 is 1.31 bits per heavy atom. The Bertz CT molecular complexity index is 956. The van der Waals surface area contributed by atoms with Crippen LogP contribution in [0.5, 0.6) is 5.88 Å². The summed E-state index contributed by atoms with van der Waals surface area (Å²) in [7, 11) is 1.46. The van der Waals surface area contributed by atoms with Crippen molar-refractivity contribution in [3.05, 3.63) is 53.2 Å². The molecule has 0 aliphatic rings. The molecule has 0 aliphatic heterocycles. The number of halogens is 2. The highest BCUT2D eigenvalue weighted by Crippen LogP contribution is 2.24. The fourth-order valence-electron chi connectivity index (χ4n) is 2.77. The van der Waals surface area contributed by atoms with Crippen LogP contribution in [0.1, 0.15) is 21.5 Å². The number of aromatic nitrogens is 3. The minimum atomic E-state index is -0.650. The Balaban J connectivity index is 2.07. The lowest BCUT2D eigenvalue weighted by Gasteiger charge is -2.09. The van der Waals surface area contributed by atoms with Crippen LogP contribution in [0.25, 0.3) is 11.0 Å². The number of carbonyl (C=O) groups excluding carboxylic acids is 1. The average Bonchev–Trinajstić information content (AvgIpc) is 2.97. The smallest absolute Gasteiger partial charge is 0.255 e. The lowest BCUT2D eigenvalue weighted by molar-refractivity contribution is 0.0952. The number of alkyl halides is 1. The molecule has 3 rings (SSSR count). The first kappa shape index (κ1) is 17.8. The Morgan fingerprint density at radius 2 is 2.12 bits per heavy atom. The minimum absolute atomic E-state index is 0.0704. The Hall–Kier alpha value is -3.03. The van der Waals surface area contributed by atoms with Crippen LogP contribution in [0.2, 0.25) is 0 Å². The molecule has 0 aliphatic carbocycles. The molecule has 1 N–H and O–H groups in total. The Kier molecular flexibility index (Phi) is 5.11. The summed E-state index contributed by atoms with van der Waals surface area (Å²) in [5, 5.41) is 2.50. The molecule has 26 heavy (non-hydrogen) atoms. The lowest BCUT2D eigenvalue weighted by atomic mass is 10.2. The zero-order chi connectivity index (χ0) is 18.7. The molecule has 0 fully saturated rings. The molecular weight excluding hydrogens is 342 g/mol. The maximum Gasteiger partial charge on any atom is 0.255 e. The summed E-state index contributed by atoms with van der Waals surface area (Å²) in [6.07, 6.45) is 4.36. The number of hydrogen-bond acceptors (Lipinski definition) is 4. The molecule has 3 heterocycles. The summed E-state index contributed by atoms with van der Waals surface area (Å²) in [4.78, 5) is 20.6. The Labute approximate surface area is 148 Å². The molecule has 6 nitrogen and oxygen atoms in total. The van der Waals surface area contributed by atoms with Gasteiger partial charge >= 0.3 is 0 Å². The number of aryl methyl sites for hydroxylation is 1. The number of nitrogens with zero attached hydrogens (tertiary/aromatic N) is 3. The van der Waals surface area contributed by atoms with Crippen LogP contribution in [0.15, 0.2) is 30.7 Å². The van der Waals surface area contributed by atoms with Crippen molar-refractivity contribution in [3.8, 4) is 5.88 Å². The van der Waals surface area contributed by atoms with E-state index in [1.54, 1.807) is 17.0 Å². The Morgan fingerprint density at radius 3 is 2.85 bits per heavy atom. The van der Waals surface area contributed by atoms with Gasteiger partial charge in [0.1, 0.15) is 18.0 Å². The predicted octanol–water partition coefficient (Wildman–Crippen LogP) is 2.64. The van der Waals surface area contributed by atoms with Gasteiger partial charge in [0, 0.05) is 24.5 Å². The fraction of sp³-hybridized carbons (Fsp3) is 0.278. The van der Waals surface area contributed by atoms with Crippen LogP contribution in [0, 0.1) is 12.7 Å². The van der Waals surface area contributed by atoms with Gasteiger partial charge in [0.15, 0.2) is 0 Å². The van der Waals surface area contributed by atoms with Crippen molar-refractivity contribution in [2.24, 2.45) is 0 Å². The van der Waals surface area contributed by atoms with Gasteiger partial charge < -0.3 is 14.6 Å². The second-order valence-corrected chi connectivity index (χ2v) is 5.82. The van der Waals surface area contributed by atoms with Crippen molar-refractivity contribution in [1.29, 1.82) is 0 Å². The van der Waals surface area contributed by atoms with Crippen molar-refractivity contribution in [2.45, 2.75) is 13.5 Å². The van der Waals surface area contributed by atoms with Crippen LogP contribution in [-0.4, -0.2) is 40.8 Å². The van der Waals surface area contributed by atoms with E-state index in [0.29, 0.717) is 28.0 Å². The molecule has 0 saturated heterocycles. The molecule has 136 valence electrons. The molecule has 0 saturated carbocycles. The number of pyridine rings is 2. The number of hydrogen-bond donors (Lipinski definition) is 1. The van der Waals surface area contributed by atoms with E-state index in [-0.39, 0.29) is 13.1 Å². The van der Waals surface area contributed by atoms with E-state index in [0.717, 1.165) is 11.8 Å². The number of amides is 1. The predicted molar refractivity (Wildman–Crippen MR) is 92.6 cm³/mol. The van der Waals surface area contributed by atoms with Gasteiger partial charge in [-0.25, -0.2) is 13.8 Å². The van der Waals surface area contributed by atoms with Crippen LogP contribution < -0.4 is 10.1 Å². The van der Waals surface area contributed by atoms with E-state index < -0.39 is 18.4 Å². The molecule has 0 atom stereocenters. The third kappa shape index (κ3) is 3.49. The number of nitrogens with one attached hydrogen (secondary N) is 1. The molecule has 3 aromatic rings. The topological polar surface area (TPSA) is 69.0 Å². The van der Waals surface area contributed by atoms with E-state index in [4.69, 9.17) is 4.74 Å². The molecule has 0 spiro atoms. The second kappa shape index (κ2) is 7.47. The van der Waals surface area contributed by atoms with Gasteiger partial charge in [0.25, 0.3) is 5.91 Å². The first-order valence-corrected chi connectivity index (χ1v) is 8.01. The number of fused-ring (bicyclic) bond motifs is 1. The first-order chi connectivity index (χ1) is 12.5. The van der Waals surface area contributed by atoms with Gasteiger partial charge in [-0.3, -0.25) is 9.78 Å². The number of carbonyl (C=O) groups is 1. The summed E-state index contributed by atoms with van der Waals surface area (Å²) < 4.78 is 32.9. The SMILES string of the molecule is COc1ncc(F)cc1Cn1cc(C(=O)NCCF)c2ncc(C)cc21. The fourth-order valence-corrected chi connectivity index (χ4v) is 2.77. The molecule has 0 unspecified atom stereocenters. The molecule has 8 heteroatoms. The normalized spacial score (nSPS) is 10.9. The van der Waals surface area contributed by atoms with Crippen molar-refractivity contribution in [1.82, 2.24) is 19.9 Å². The molecule has 0 radical (unpaired) electrons. The van der Waals surface area contributed by atoms with E-state index in [1.165, 1.54) is 13.2 Å². The van der Waals surface area contributed by atoms with Crippen molar-refractivity contribution >= 4 is 16.9 Å². The third-order valence-electron chi connectivity index (χ3n) is 3.90. The molecule has 3 aromatic heterocycles. The number of ether oxygens (including phenoxy) is 1. The van der Waals surface area contributed by atoms with Gasteiger partial charge in [-0.05, 0) is 24.6 Å². The number of rotatable bonds is 6. The second-order valence-electron chi connectivity index (χ2n) is 5.82. The number of methoxy groups -OCH3 is 1. The molecule has 0 aromatic carbocycles. The first-order valence-electron chi connectivity index (χ1n) is 8.01. The van der Waals surface area contributed by atoms with Gasteiger partial charge in [0.05, 0.1) is 30.9 Å². The summed E-state index contributed by atoms with van der Waals surface area (Å²) in [6.45, 7) is 1.41. The minimum Gasteiger partial charge on any atom is -0.481 e. The summed E-state index contributed by atoms with van der Waals surface area (Å²) in [5.41, 5.74) is 2.98. The summed E-state index contributed by atoms with van der Waals surface area (Å²) in [5.74, 6) is -0.586. The van der Waals surface area contributed by atoms with E-state index in [1.807, 2.05) is 13.0 Å². The molecule has 0 bridgehead atoms. The van der Waals surface area contributed by atoms with Crippen molar-refractivity contribution in [2.75, 3.05) is 20.3 Å².